The minimum Gasteiger partial charge on any atom is -0.356 e. The molecule has 0 N–H and O–H groups in total. The van der Waals surface area contributed by atoms with Crippen LogP contribution in [0.1, 0.15) is 46.1 Å². The highest BCUT2D eigenvalue weighted by atomic mass is 35.5. The van der Waals surface area contributed by atoms with Crippen LogP contribution in [0.5, 0.6) is 0 Å². The van der Waals surface area contributed by atoms with Crippen LogP contribution in [0.2, 0.25) is 5.15 Å². The van der Waals surface area contributed by atoms with Gasteiger partial charge in [-0.15, -0.1) is 0 Å². The van der Waals surface area contributed by atoms with Crippen molar-refractivity contribution < 1.29 is 0 Å². The first-order valence-corrected chi connectivity index (χ1v) is 7.55. The Morgan fingerprint density at radius 1 is 1.26 bits per heavy atom. The van der Waals surface area contributed by atoms with Gasteiger partial charge in [0.2, 0.25) is 0 Å². The second kappa shape index (κ2) is 5.66. The van der Waals surface area contributed by atoms with Crippen molar-refractivity contribution in [2.75, 3.05) is 18.0 Å². The standard InChI is InChI=1S/C15H24ClN3/c1-5-12-13(16)17-10-18-14(12)19-8-6-11(7-9-19)15(2,3)4/h10-11H,5-9H2,1-4H3. The van der Waals surface area contributed by atoms with E-state index in [1.165, 1.54) is 12.8 Å². The molecule has 1 saturated heterocycles. The number of aromatic nitrogens is 2. The van der Waals surface area contributed by atoms with E-state index in [1.807, 2.05) is 0 Å². The molecule has 106 valence electrons. The molecule has 19 heavy (non-hydrogen) atoms. The molecule has 0 spiro atoms. The fourth-order valence-corrected chi connectivity index (χ4v) is 3.18. The van der Waals surface area contributed by atoms with Crippen molar-refractivity contribution in [2.45, 2.75) is 47.0 Å². The second-order valence-electron chi connectivity index (χ2n) is 6.45. The first-order chi connectivity index (χ1) is 8.93. The van der Waals surface area contributed by atoms with E-state index < -0.39 is 0 Å². The van der Waals surface area contributed by atoms with Gasteiger partial charge in [0.1, 0.15) is 17.3 Å². The molecular formula is C15H24ClN3. The van der Waals surface area contributed by atoms with Crippen LogP contribution in [-0.2, 0) is 6.42 Å². The Bertz CT molecular complexity index is 432. The van der Waals surface area contributed by atoms with Gasteiger partial charge < -0.3 is 4.90 Å². The fraction of sp³-hybridized carbons (Fsp3) is 0.733. The number of rotatable bonds is 2. The maximum Gasteiger partial charge on any atom is 0.137 e. The van der Waals surface area contributed by atoms with Gasteiger partial charge in [-0.2, -0.15) is 0 Å². The van der Waals surface area contributed by atoms with Crippen LogP contribution in [0, 0.1) is 11.3 Å². The van der Waals surface area contributed by atoms with Crippen LogP contribution < -0.4 is 4.90 Å². The molecule has 0 aromatic carbocycles. The molecule has 3 nitrogen and oxygen atoms in total. The SMILES string of the molecule is CCc1c(Cl)ncnc1N1CCC(C(C)(C)C)CC1. The minimum atomic E-state index is 0.406. The van der Waals surface area contributed by atoms with Crippen molar-refractivity contribution in [3.63, 3.8) is 0 Å². The molecular weight excluding hydrogens is 258 g/mol. The van der Waals surface area contributed by atoms with Gasteiger partial charge in [-0.3, -0.25) is 0 Å². The maximum atomic E-state index is 6.17. The van der Waals surface area contributed by atoms with E-state index in [-0.39, 0.29) is 0 Å². The molecule has 4 heteroatoms. The zero-order valence-corrected chi connectivity index (χ0v) is 13.2. The number of halogens is 1. The molecule has 0 amide bonds. The Labute approximate surface area is 121 Å². The lowest BCUT2D eigenvalue weighted by atomic mass is 9.75. The van der Waals surface area contributed by atoms with E-state index in [2.05, 4.69) is 42.6 Å². The third kappa shape index (κ3) is 3.19. The van der Waals surface area contributed by atoms with E-state index in [4.69, 9.17) is 11.6 Å². The maximum absolute atomic E-state index is 6.17. The quantitative estimate of drug-likeness (QED) is 0.769. The van der Waals surface area contributed by atoms with Crippen molar-refractivity contribution in [1.82, 2.24) is 9.97 Å². The van der Waals surface area contributed by atoms with Gasteiger partial charge in [-0.05, 0) is 30.6 Å². The zero-order chi connectivity index (χ0) is 14.0. The average molecular weight is 282 g/mol. The lowest BCUT2D eigenvalue weighted by Crippen LogP contribution is -2.38. The molecule has 2 rings (SSSR count). The first kappa shape index (κ1) is 14.6. The highest BCUT2D eigenvalue weighted by molar-refractivity contribution is 6.30. The van der Waals surface area contributed by atoms with Crippen LogP contribution in [0.3, 0.4) is 0 Å². The normalized spacial score (nSPS) is 17.8. The Morgan fingerprint density at radius 3 is 2.42 bits per heavy atom. The number of hydrogen-bond donors (Lipinski definition) is 0. The molecule has 1 aromatic heterocycles. The third-order valence-electron chi connectivity index (χ3n) is 4.24. The van der Waals surface area contributed by atoms with Gasteiger partial charge >= 0.3 is 0 Å². The summed E-state index contributed by atoms with van der Waals surface area (Å²) in [5, 5.41) is 0.602. The molecule has 0 aliphatic carbocycles. The summed E-state index contributed by atoms with van der Waals surface area (Å²) in [4.78, 5) is 10.9. The molecule has 0 atom stereocenters. The molecule has 0 saturated carbocycles. The Morgan fingerprint density at radius 2 is 1.89 bits per heavy atom. The van der Waals surface area contributed by atoms with E-state index in [1.54, 1.807) is 6.33 Å². The highest BCUT2D eigenvalue weighted by Crippen LogP contribution is 2.36. The summed E-state index contributed by atoms with van der Waals surface area (Å²) in [6.45, 7) is 11.3. The number of piperidine rings is 1. The van der Waals surface area contributed by atoms with Gasteiger partial charge in [0.25, 0.3) is 0 Å². The van der Waals surface area contributed by atoms with E-state index >= 15 is 0 Å². The molecule has 1 aromatic rings. The summed E-state index contributed by atoms with van der Waals surface area (Å²) in [6, 6.07) is 0. The average Bonchev–Trinajstić information content (AvgIpc) is 2.37. The topological polar surface area (TPSA) is 29.0 Å². The van der Waals surface area contributed by atoms with Gasteiger partial charge in [0.15, 0.2) is 0 Å². The smallest absolute Gasteiger partial charge is 0.137 e. The van der Waals surface area contributed by atoms with Gasteiger partial charge in [-0.25, -0.2) is 9.97 Å². The summed E-state index contributed by atoms with van der Waals surface area (Å²) in [7, 11) is 0. The van der Waals surface area contributed by atoms with Gasteiger partial charge in [0.05, 0.1) is 0 Å². The zero-order valence-electron chi connectivity index (χ0n) is 12.4. The lowest BCUT2D eigenvalue weighted by Gasteiger charge is -2.39. The van der Waals surface area contributed by atoms with Crippen LogP contribution >= 0.6 is 11.6 Å². The number of hydrogen-bond acceptors (Lipinski definition) is 3. The van der Waals surface area contributed by atoms with Crippen molar-refractivity contribution in [1.29, 1.82) is 0 Å². The van der Waals surface area contributed by atoms with Crippen LogP contribution in [0.15, 0.2) is 6.33 Å². The van der Waals surface area contributed by atoms with Crippen LogP contribution in [-0.4, -0.2) is 23.1 Å². The van der Waals surface area contributed by atoms with Crippen LogP contribution in [0.4, 0.5) is 5.82 Å². The minimum absolute atomic E-state index is 0.406. The summed E-state index contributed by atoms with van der Waals surface area (Å²) in [6.07, 6.45) is 4.92. The van der Waals surface area contributed by atoms with E-state index in [0.717, 1.165) is 36.8 Å². The number of nitrogens with zero attached hydrogens (tertiary/aromatic N) is 3. The highest BCUT2D eigenvalue weighted by Gasteiger charge is 2.29. The van der Waals surface area contributed by atoms with Crippen molar-refractivity contribution in [3.05, 3.63) is 17.0 Å². The molecule has 0 radical (unpaired) electrons. The first-order valence-electron chi connectivity index (χ1n) is 7.17. The molecule has 1 fully saturated rings. The van der Waals surface area contributed by atoms with Gasteiger partial charge in [-0.1, -0.05) is 39.3 Å². The van der Waals surface area contributed by atoms with Gasteiger partial charge in [0, 0.05) is 18.7 Å². The Hall–Kier alpha value is -0.830. The molecule has 1 aliphatic heterocycles. The monoisotopic (exact) mass is 281 g/mol. The Balaban J connectivity index is 2.12. The van der Waals surface area contributed by atoms with Crippen molar-refractivity contribution in [2.24, 2.45) is 11.3 Å². The van der Waals surface area contributed by atoms with Crippen LogP contribution in [0.25, 0.3) is 0 Å². The third-order valence-corrected chi connectivity index (χ3v) is 4.57. The molecule has 2 heterocycles. The summed E-state index contributed by atoms with van der Waals surface area (Å²) in [5.41, 5.74) is 1.49. The largest absolute Gasteiger partial charge is 0.356 e. The second-order valence-corrected chi connectivity index (χ2v) is 6.81. The lowest BCUT2D eigenvalue weighted by molar-refractivity contribution is 0.198. The summed E-state index contributed by atoms with van der Waals surface area (Å²) >= 11 is 6.17. The number of anilines is 1. The predicted octanol–water partition coefficient (Wildman–Crippen LogP) is 3.95. The van der Waals surface area contributed by atoms with E-state index in [0.29, 0.717) is 10.6 Å². The fourth-order valence-electron chi connectivity index (χ4n) is 2.92. The predicted molar refractivity (Wildman–Crippen MR) is 80.8 cm³/mol. The molecule has 0 bridgehead atoms. The van der Waals surface area contributed by atoms with E-state index in [9.17, 15) is 0 Å². The van der Waals surface area contributed by atoms with Crippen molar-refractivity contribution in [3.8, 4) is 0 Å². The Kier molecular flexibility index (Phi) is 4.34. The molecule has 0 unspecified atom stereocenters. The summed E-state index contributed by atoms with van der Waals surface area (Å²) in [5.74, 6) is 1.83. The summed E-state index contributed by atoms with van der Waals surface area (Å²) < 4.78 is 0. The van der Waals surface area contributed by atoms with Crippen molar-refractivity contribution >= 4 is 17.4 Å². The molecule has 1 aliphatic rings.